The van der Waals surface area contributed by atoms with Crippen LogP contribution in [-0.4, -0.2) is 11.9 Å². The highest BCUT2D eigenvalue weighted by Gasteiger charge is 1.92. The van der Waals surface area contributed by atoms with Crippen molar-refractivity contribution in [2.24, 2.45) is 4.99 Å². The van der Waals surface area contributed by atoms with Crippen LogP contribution in [0.25, 0.3) is 0 Å². The number of nitrogens with one attached hydrogen (secondary N) is 1. The Morgan fingerprint density at radius 3 is 3.00 bits per heavy atom. The van der Waals surface area contributed by atoms with Gasteiger partial charge in [-0.3, -0.25) is 0 Å². The van der Waals surface area contributed by atoms with Gasteiger partial charge in [0.15, 0.2) is 0 Å². The van der Waals surface area contributed by atoms with Crippen molar-refractivity contribution in [2.75, 3.05) is 0 Å². The Hall–Kier alpha value is -1.08. The zero-order valence-electron chi connectivity index (χ0n) is 2.93. The zero-order valence-corrected chi connectivity index (χ0v) is 2.93. The van der Waals surface area contributed by atoms with E-state index in [0.29, 0.717) is 0 Å². The van der Waals surface area contributed by atoms with Gasteiger partial charge in [0, 0.05) is 5.87 Å². The summed E-state index contributed by atoms with van der Waals surface area (Å²) < 4.78 is 0. The predicted octanol–water partition coefficient (Wildman–Crippen LogP) is -0.107. The van der Waals surface area contributed by atoms with Crippen molar-refractivity contribution in [1.82, 2.24) is 5.32 Å². The number of hydrogen-bond donors (Lipinski definition) is 1. The molecule has 3 heteroatoms. The van der Waals surface area contributed by atoms with Gasteiger partial charge in [-0.05, 0) is 0 Å². The second-order valence-corrected chi connectivity index (χ2v) is 0.835. The molecule has 30 valence electrons. The highest BCUT2D eigenvalue weighted by molar-refractivity contribution is 5.88. The summed E-state index contributed by atoms with van der Waals surface area (Å²) in [6.07, 6.45) is 1.36. The maximum atomic E-state index is 9.87. The molecule has 0 aromatic rings. The predicted molar refractivity (Wildman–Crippen MR) is 20.5 cm³/mol. The SMILES string of the molecule is O=C1N=C=CN1. The van der Waals surface area contributed by atoms with Gasteiger partial charge in [0.05, 0.1) is 6.20 Å². The van der Waals surface area contributed by atoms with Gasteiger partial charge >= 0.3 is 6.03 Å². The highest BCUT2D eigenvalue weighted by Crippen LogP contribution is 1.73. The summed E-state index contributed by atoms with van der Waals surface area (Å²) in [5.41, 5.74) is 0. The molecule has 0 unspecified atom stereocenters. The second-order valence-electron chi connectivity index (χ2n) is 0.835. The van der Waals surface area contributed by atoms with Gasteiger partial charge in [-0.25, -0.2) is 4.79 Å². The molecule has 0 aromatic carbocycles. The third-order valence-electron chi connectivity index (χ3n) is 0.426. The number of amides is 2. The lowest BCUT2D eigenvalue weighted by Crippen LogP contribution is -2.05. The Labute approximate surface area is 34.4 Å². The van der Waals surface area contributed by atoms with E-state index in [9.17, 15) is 4.79 Å². The third kappa shape index (κ3) is 0.307. The van der Waals surface area contributed by atoms with E-state index in [0.717, 1.165) is 0 Å². The molecule has 1 N–H and O–H groups in total. The largest absolute Gasteiger partial charge is 0.353 e. The summed E-state index contributed by atoms with van der Waals surface area (Å²) in [6.45, 7) is 0. The quantitative estimate of drug-likeness (QED) is 0.435. The Bertz CT molecular complexity index is 132. The van der Waals surface area contributed by atoms with E-state index in [1.807, 2.05) is 0 Å². The van der Waals surface area contributed by atoms with Crippen LogP contribution in [0.2, 0.25) is 0 Å². The fourth-order valence-electron chi connectivity index (χ4n) is 0.217. The van der Waals surface area contributed by atoms with Crippen molar-refractivity contribution in [3.8, 4) is 0 Å². The lowest BCUT2D eigenvalue weighted by atomic mass is 11.0. The molecular weight excluding hydrogens is 80.0 g/mol. The van der Waals surface area contributed by atoms with E-state index in [2.05, 4.69) is 16.2 Å². The van der Waals surface area contributed by atoms with E-state index in [1.54, 1.807) is 0 Å². The fourth-order valence-corrected chi connectivity index (χ4v) is 0.217. The second kappa shape index (κ2) is 0.954. The number of urea groups is 1. The van der Waals surface area contributed by atoms with Gasteiger partial charge in [0.25, 0.3) is 0 Å². The average molecular weight is 82.1 g/mol. The fraction of sp³-hybridized carbons (Fsp3) is 0. The first-order chi connectivity index (χ1) is 2.89. The molecule has 2 amide bonds. The van der Waals surface area contributed by atoms with Crippen LogP contribution in [0.4, 0.5) is 4.79 Å². The molecule has 0 saturated heterocycles. The van der Waals surface area contributed by atoms with Crippen LogP contribution in [0, 0.1) is 0 Å². The van der Waals surface area contributed by atoms with Crippen molar-refractivity contribution in [3.05, 3.63) is 6.20 Å². The van der Waals surface area contributed by atoms with E-state index in [-0.39, 0.29) is 6.03 Å². The molecule has 1 aliphatic rings. The van der Waals surface area contributed by atoms with Crippen molar-refractivity contribution < 1.29 is 4.79 Å². The summed E-state index contributed by atoms with van der Waals surface area (Å²) in [4.78, 5) is 13.1. The number of carbonyl (C=O) groups excluding carboxylic acids is 1. The minimum Gasteiger partial charge on any atom is -0.304 e. The van der Waals surface area contributed by atoms with Gasteiger partial charge in [-0.2, -0.15) is 0 Å². The van der Waals surface area contributed by atoms with Crippen molar-refractivity contribution >= 4 is 11.9 Å². The minimum atomic E-state index is -0.338. The Morgan fingerprint density at radius 1 is 2.00 bits per heavy atom. The molecule has 1 aliphatic heterocycles. The summed E-state index contributed by atoms with van der Waals surface area (Å²) in [6, 6.07) is -0.338. The van der Waals surface area contributed by atoms with Gasteiger partial charge in [0.2, 0.25) is 0 Å². The minimum absolute atomic E-state index is 0.338. The van der Waals surface area contributed by atoms with Crippen LogP contribution in [0.15, 0.2) is 11.2 Å². The molecule has 0 bridgehead atoms. The first-order valence-electron chi connectivity index (χ1n) is 1.48. The normalized spacial score (nSPS) is 15.7. The summed E-state index contributed by atoms with van der Waals surface area (Å²) in [7, 11) is 0. The van der Waals surface area contributed by atoms with Crippen LogP contribution in [0.3, 0.4) is 0 Å². The molecule has 3 nitrogen and oxygen atoms in total. The molecule has 0 saturated carbocycles. The lowest BCUT2D eigenvalue weighted by molar-refractivity contribution is 0.253. The summed E-state index contributed by atoms with van der Waals surface area (Å²) in [5, 5.41) is 2.28. The van der Waals surface area contributed by atoms with Crippen molar-refractivity contribution in [2.45, 2.75) is 0 Å². The van der Waals surface area contributed by atoms with E-state index < -0.39 is 0 Å². The standard InChI is InChI=1S/C3H2N2O/c6-3-4-1-2-5-3/h1H,(H,4,6). The van der Waals surface area contributed by atoms with Gasteiger partial charge in [-0.1, -0.05) is 0 Å². The molecule has 1 heterocycles. The molecule has 0 atom stereocenters. The molecule has 6 heavy (non-hydrogen) atoms. The lowest BCUT2D eigenvalue weighted by Gasteiger charge is -1.74. The van der Waals surface area contributed by atoms with E-state index in [4.69, 9.17) is 0 Å². The maximum Gasteiger partial charge on any atom is 0.353 e. The monoisotopic (exact) mass is 82.0 g/mol. The number of carbonyl (C=O) groups is 1. The van der Waals surface area contributed by atoms with Crippen LogP contribution >= 0.6 is 0 Å². The van der Waals surface area contributed by atoms with Crippen LogP contribution in [0.1, 0.15) is 0 Å². The average Bonchev–Trinajstić information content (AvgIpc) is 1.86. The molecule has 0 aromatic heterocycles. The Morgan fingerprint density at radius 2 is 2.83 bits per heavy atom. The smallest absolute Gasteiger partial charge is 0.304 e. The molecule has 0 aliphatic carbocycles. The topological polar surface area (TPSA) is 41.5 Å². The molecule has 0 radical (unpaired) electrons. The molecular formula is C3H2N2O. The number of aliphatic imine (C=N–C) groups is 1. The number of rotatable bonds is 0. The number of nitrogens with zero attached hydrogens (tertiary/aromatic N) is 1. The molecule has 0 spiro atoms. The Balaban J connectivity index is 2.79. The highest BCUT2D eigenvalue weighted by atomic mass is 16.2. The van der Waals surface area contributed by atoms with Gasteiger partial charge in [0.1, 0.15) is 0 Å². The first-order valence-corrected chi connectivity index (χ1v) is 1.48. The van der Waals surface area contributed by atoms with E-state index in [1.165, 1.54) is 6.20 Å². The van der Waals surface area contributed by atoms with Crippen LogP contribution in [-0.2, 0) is 0 Å². The van der Waals surface area contributed by atoms with Crippen molar-refractivity contribution in [1.29, 1.82) is 0 Å². The molecule has 0 fully saturated rings. The van der Waals surface area contributed by atoms with Crippen LogP contribution in [0.5, 0.6) is 0 Å². The van der Waals surface area contributed by atoms with Crippen molar-refractivity contribution in [3.63, 3.8) is 0 Å². The van der Waals surface area contributed by atoms with Crippen LogP contribution < -0.4 is 5.32 Å². The zero-order chi connectivity index (χ0) is 4.41. The summed E-state index contributed by atoms with van der Waals surface area (Å²) >= 11 is 0. The molecule has 1 rings (SSSR count). The Kier molecular flexibility index (Phi) is 0.496. The number of hydrogen-bond acceptors (Lipinski definition) is 1. The summed E-state index contributed by atoms with van der Waals surface area (Å²) in [5.74, 6) is 2.31. The van der Waals surface area contributed by atoms with E-state index >= 15 is 0 Å². The third-order valence-corrected chi connectivity index (χ3v) is 0.426. The maximum absolute atomic E-state index is 9.87. The van der Waals surface area contributed by atoms with Gasteiger partial charge < -0.3 is 5.32 Å². The first kappa shape index (κ1) is 3.12. The van der Waals surface area contributed by atoms with Gasteiger partial charge in [-0.15, -0.1) is 4.99 Å².